The Morgan fingerprint density at radius 1 is 1.22 bits per heavy atom. The standard InChI is InChI=1S/C17H13ClN2O3/c1-10-5-6-12(18)8-14(10)19-17(22)15-9-16(23-20-15)11-3-2-4-13(21)7-11/h2-9,21H,1H3,(H,19,22). The summed E-state index contributed by atoms with van der Waals surface area (Å²) >= 11 is 5.94. The number of halogens is 1. The molecule has 1 heterocycles. The van der Waals surface area contributed by atoms with Gasteiger partial charge in [-0.25, -0.2) is 0 Å². The molecule has 6 heteroatoms. The summed E-state index contributed by atoms with van der Waals surface area (Å²) in [7, 11) is 0. The van der Waals surface area contributed by atoms with Crippen LogP contribution in [0.2, 0.25) is 5.02 Å². The molecule has 0 saturated carbocycles. The molecule has 1 amide bonds. The summed E-state index contributed by atoms with van der Waals surface area (Å²) in [5.41, 5.74) is 2.28. The second-order valence-electron chi connectivity index (χ2n) is 5.04. The molecule has 0 aliphatic heterocycles. The first-order valence-corrected chi connectivity index (χ1v) is 7.24. The van der Waals surface area contributed by atoms with E-state index in [4.69, 9.17) is 16.1 Å². The summed E-state index contributed by atoms with van der Waals surface area (Å²) in [6.45, 7) is 1.87. The minimum absolute atomic E-state index is 0.111. The van der Waals surface area contributed by atoms with E-state index >= 15 is 0 Å². The number of phenols is 1. The highest BCUT2D eigenvalue weighted by molar-refractivity contribution is 6.31. The third-order valence-electron chi connectivity index (χ3n) is 3.32. The largest absolute Gasteiger partial charge is 0.508 e. The maximum Gasteiger partial charge on any atom is 0.277 e. The number of hydrogen-bond donors (Lipinski definition) is 2. The van der Waals surface area contributed by atoms with Crippen LogP contribution in [0.15, 0.2) is 53.1 Å². The molecule has 0 unspecified atom stereocenters. The zero-order valence-corrected chi connectivity index (χ0v) is 13.0. The zero-order valence-electron chi connectivity index (χ0n) is 12.2. The van der Waals surface area contributed by atoms with E-state index in [1.807, 2.05) is 13.0 Å². The fraction of sp³-hybridized carbons (Fsp3) is 0.0588. The van der Waals surface area contributed by atoms with E-state index in [0.29, 0.717) is 22.0 Å². The molecular formula is C17H13ClN2O3. The van der Waals surface area contributed by atoms with Crippen molar-refractivity contribution in [3.63, 3.8) is 0 Å². The first-order valence-electron chi connectivity index (χ1n) is 6.86. The van der Waals surface area contributed by atoms with Crippen molar-refractivity contribution in [2.75, 3.05) is 5.32 Å². The van der Waals surface area contributed by atoms with Crippen molar-refractivity contribution < 1.29 is 14.4 Å². The quantitative estimate of drug-likeness (QED) is 0.753. The average Bonchev–Trinajstić information content (AvgIpc) is 3.01. The first kappa shape index (κ1) is 15.1. The normalized spacial score (nSPS) is 10.5. The number of carbonyl (C=O) groups is 1. The number of aromatic hydroxyl groups is 1. The third-order valence-corrected chi connectivity index (χ3v) is 3.56. The number of benzene rings is 2. The van der Waals surface area contributed by atoms with Gasteiger partial charge in [0.25, 0.3) is 5.91 Å². The summed E-state index contributed by atoms with van der Waals surface area (Å²) in [6.07, 6.45) is 0. The van der Waals surface area contributed by atoms with Gasteiger partial charge in [-0.3, -0.25) is 4.79 Å². The van der Waals surface area contributed by atoms with Crippen LogP contribution in [0.5, 0.6) is 5.75 Å². The number of hydrogen-bond acceptors (Lipinski definition) is 4. The first-order chi connectivity index (χ1) is 11.0. The molecule has 0 bridgehead atoms. The van der Waals surface area contributed by atoms with E-state index in [0.717, 1.165) is 5.56 Å². The second-order valence-corrected chi connectivity index (χ2v) is 5.48. The zero-order chi connectivity index (χ0) is 16.4. The molecule has 0 spiro atoms. The van der Waals surface area contributed by atoms with E-state index in [1.165, 1.54) is 12.1 Å². The molecule has 0 atom stereocenters. The van der Waals surface area contributed by atoms with Crippen LogP contribution in [-0.4, -0.2) is 16.2 Å². The second kappa shape index (κ2) is 6.14. The number of aromatic nitrogens is 1. The average molecular weight is 329 g/mol. The number of phenolic OH excluding ortho intramolecular Hbond substituents is 1. The number of aryl methyl sites for hydroxylation is 1. The van der Waals surface area contributed by atoms with Crippen molar-refractivity contribution in [3.05, 3.63) is 64.8 Å². The lowest BCUT2D eigenvalue weighted by Gasteiger charge is -2.06. The van der Waals surface area contributed by atoms with Gasteiger partial charge in [0.05, 0.1) is 0 Å². The molecule has 0 fully saturated rings. The Labute approximate surface area is 137 Å². The van der Waals surface area contributed by atoms with E-state index in [1.54, 1.807) is 30.3 Å². The Morgan fingerprint density at radius 2 is 2.04 bits per heavy atom. The number of anilines is 1. The number of nitrogens with zero attached hydrogens (tertiary/aromatic N) is 1. The van der Waals surface area contributed by atoms with Gasteiger partial charge in [0.1, 0.15) is 5.75 Å². The molecule has 0 aliphatic carbocycles. The van der Waals surface area contributed by atoms with E-state index in [-0.39, 0.29) is 11.4 Å². The van der Waals surface area contributed by atoms with Gasteiger partial charge in [-0.2, -0.15) is 0 Å². The van der Waals surface area contributed by atoms with Crippen molar-refractivity contribution in [2.45, 2.75) is 6.92 Å². The summed E-state index contributed by atoms with van der Waals surface area (Å²) in [5, 5.41) is 16.5. The fourth-order valence-electron chi connectivity index (χ4n) is 2.09. The van der Waals surface area contributed by atoms with Gasteiger partial charge in [0, 0.05) is 22.3 Å². The monoisotopic (exact) mass is 328 g/mol. The molecule has 3 aromatic rings. The van der Waals surface area contributed by atoms with Crippen molar-refractivity contribution in [1.29, 1.82) is 0 Å². The lowest BCUT2D eigenvalue weighted by Crippen LogP contribution is -2.13. The Hall–Kier alpha value is -2.79. The van der Waals surface area contributed by atoms with Crippen molar-refractivity contribution >= 4 is 23.2 Å². The maximum absolute atomic E-state index is 12.3. The van der Waals surface area contributed by atoms with Gasteiger partial charge in [0.2, 0.25) is 0 Å². The van der Waals surface area contributed by atoms with Crippen LogP contribution in [-0.2, 0) is 0 Å². The maximum atomic E-state index is 12.3. The number of nitrogens with one attached hydrogen (secondary N) is 1. The molecule has 3 rings (SSSR count). The van der Waals surface area contributed by atoms with Gasteiger partial charge >= 0.3 is 0 Å². The molecule has 2 aromatic carbocycles. The summed E-state index contributed by atoms with van der Waals surface area (Å²) < 4.78 is 5.17. The van der Waals surface area contributed by atoms with Crippen molar-refractivity contribution in [1.82, 2.24) is 5.16 Å². The molecule has 2 N–H and O–H groups in total. The van der Waals surface area contributed by atoms with Gasteiger partial charge in [-0.15, -0.1) is 0 Å². The van der Waals surface area contributed by atoms with Gasteiger partial charge in [-0.05, 0) is 36.8 Å². The summed E-state index contributed by atoms with van der Waals surface area (Å²) in [6, 6.07) is 13.3. The highest BCUT2D eigenvalue weighted by Gasteiger charge is 2.15. The van der Waals surface area contributed by atoms with Gasteiger partial charge < -0.3 is 14.9 Å². The van der Waals surface area contributed by atoms with Crippen LogP contribution < -0.4 is 5.32 Å². The number of rotatable bonds is 3. The minimum atomic E-state index is -0.398. The molecule has 116 valence electrons. The van der Waals surface area contributed by atoms with Crippen LogP contribution in [0.25, 0.3) is 11.3 Å². The van der Waals surface area contributed by atoms with Crippen LogP contribution in [0.3, 0.4) is 0 Å². The molecular weight excluding hydrogens is 316 g/mol. The fourth-order valence-corrected chi connectivity index (χ4v) is 2.26. The lowest BCUT2D eigenvalue weighted by atomic mass is 10.1. The van der Waals surface area contributed by atoms with Gasteiger partial charge in [0.15, 0.2) is 11.5 Å². The molecule has 1 aromatic heterocycles. The Balaban J connectivity index is 1.82. The van der Waals surface area contributed by atoms with Crippen LogP contribution in [0.1, 0.15) is 16.1 Å². The van der Waals surface area contributed by atoms with Crippen molar-refractivity contribution in [3.8, 4) is 17.1 Å². The SMILES string of the molecule is Cc1ccc(Cl)cc1NC(=O)c1cc(-c2cccc(O)c2)on1. The topological polar surface area (TPSA) is 75.4 Å². The van der Waals surface area contributed by atoms with Crippen LogP contribution >= 0.6 is 11.6 Å². The molecule has 0 saturated heterocycles. The smallest absolute Gasteiger partial charge is 0.277 e. The summed E-state index contributed by atoms with van der Waals surface area (Å²) in [5.74, 6) is 0.110. The predicted molar refractivity (Wildman–Crippen MR) is 87.7 cm³/mol. The number of amides is 1. The Bertz CT molecular complexity index is 874. The minimum Gasteiger partial charge on any atom is -0.508 e. The van der Waals surface area contributed by atoms with Crippen molar-refractivity contribution in [2.24, 2.45) is 0 Å². The lowest BCUT2D eigenvalue weighted by molar-refractivity contribution is 0.101. The molecule has 5 nitrogen and oxygen atoms in total. The van der Waals surface area contributed by atoms with Crippen LogP contribution in [0, 0.1) is 6.92 Å². The third kappa shape index (κ3) is 3.35. The molecule has 0 radical (unpaired) electrons. The number of carbonyl (C=O) groups excluding carboxylic acids is 1. The molecule has 0 aliphatic rings. The molecule has 23 heavy (non-hydrogen) atoms. The Kier molecular flexibility index (Phi) is 4.04. The van der Waals surface area contributed by atoms with Gasteiger partial charge in [-0.1, -0.05) is 35.0 Å². The Morgan fingerprint density at radius 3 is 2.83 bits per heavy atom. The predicted octanol–water partition coefficient (Wildman–Crippen LogP) is 4.26. The van der Waals surface area contributed by atoms with E-state index in [2.05, 4.69) is 10.5 Å². The highest BCUT2D eigenvalue weighted by Crippen LogP contribution is 2.25. The van der Waals surface area contributed by atoms with Crippen LogP contribution in [0.4, 0.5) is 5.69 Å². The van der Waals surface area contributed by atoms with E-state index < -0.39 is 5.91 Å². The summed E-state index contributed by atoms with van der Waals surface area (Å²) in [4.78, 5) is 12.3. The van der Waals surface area contributed by atoms with E-state index in [9.17, 15) is 9.90 Å². The highest BCUT2D eigenvalue weighted by atomic mass is 35.5.